The molecule has 1 aromatic rings. The Bertz CT molecular complexity index is 262. The molecule has 1 aromatic carbocycles. The summed E-state index contributed by atoms with van der Waals surface area (Å²) in [5.41, 5.74) is 0. The average molecular weight is 172 g/mol. The Balaban J connectivity index is 2.75. The van der Waals surface area contributed by atoms with Crippen molar-refractivity contribution in [3.8, 4) is 11.5 Å². The number of ether oxygens (including phenoxy) is 2. The lowest BCUT2D eigenvalue weighted by atomic mass is 10.3. The molecule has 0 bridgehead atoms. The normalized spacial score (nSPS) is 9.83. The third-order valence-electron chi connectivity index (χ3n) is 1.25. The van der Waals surface area contributed by atoms with Crippen molar-refractivity contribution in [3.63, 3.8) is 0 Å². The number of phenols is 1. The second kappa shape index (κ2) is 3.92. The quantitative estimate of drug-likeness (QED) is 0.702. The van der Waals surface area contributed by atoms with Gasteiger partial charge in [0, 0.05) is 13.2 Å². The molecule has 1 N–H and O–H groups in total. The molecule has 0 heterocycles. The average Bonchev–Trinajstić information content (AvgIpc) is 2.07. The Hall–Kier alpha value is -1.29. The van der Waals surface area contributed by atoms with Crippen molar-refractivity contribution in [3.05, 3.63) is 24.0 Å². The van der Waals surface area contributed by atoms with Gasteiger partial charge in [-0.15, -0.1) is 0 Å². The van der Waals surface area contributed by atoms with Crippen LogP contribution in [0.5, 0.6) is 11.5 Å². The molecule has 0 radical (unpaired) electrons. The van der Waals surface area contributed by atoms with Crippen LogP contribution in [0.25, 0.3) is 0 Å². The maximum absolute atomic E-state index is 12.5. The van der Waals surface area contributed by atoms with E-state index in [1.165, 1.54) is 13.2 Å². The van der Waals surface area contributed by atoms with Gasteiger partial charge in [-0.05, 0) is 12.1 Å². The highest BCUT2D eigenvalue weighted by Crippen LogP contribution is 2.25. The largest absolute Gasteiger partial charge is 0.504 e. The second-order valence-corrected chi connectivity index (χ2v) is 2.16. The number of aromatic hydroxyl groups is 1. The van der Waals surface area contributed by atoms with Crippen molar-refractivity contribution in [1.29, 1.82) is 0 Å². The zero-order chi connectivity index (χ0) is 8.97. The molecule has 0 atom stereocenters. The van der Waals surface area contributed by atoms with E-state index >= 15 is 0 Å². The van der Waals surface area contributed by atoms with Gasteiger partial charge in [0.05, 0.1) is 0 Å². The molecule has 0 aromatic heterocycles. The first-order valence-electron chi connectivity index (χ1n) is 3.34. The summed E-state index contributed by atoms with van der Waals surface area (Å²) < 4.78 is 22.0. The molecule has 3 nitrogen and oxygen atoms in total. The Morgan fingerprint density at radius 3 is 2.92 bits per heavy atom. The number of phenolic OH excluding ortho intramolecular Hbond substituents is 1. The molecule has 0 saturated heterocycles. The van der Waals surface area contributed by atoms with Gasteiger partial charge >= 0.3 is 0 Å². The summed E-state index contributed by atoms with van der Waals surface area (Å²) in [4.78, 5) is 0. The van der Waals surface area contributed by atoms with E-state index in [0.717, 1.165) is 12.1 Å². The maximum Gasteiger partial charge on any atom is 0.188 e. The van der Waals surface area contributed by atoms with Crippen molar-refractivity contribution in [2.45, 2.75) is 0 Å². The number of halogens is 1. The van der Waals surface area contributed by atoms with Crippen molar-refractivity contribution < 1.29 is 19.0 Å². The molecular weight excluding hydrogens is 163 g/mol. The van der Waals surface area contributed by atoms with E-state index in [1.54, 1.807) is 0 Å². The van der Waals surface area contributed by atoms with E-state index in [1.807, 2.05) is 0 Å². The van der Waals surface area contributed by atoms with Gasteiger partial charge in [0.15, 0.2) is 18.3 Å². The second-order valence-electron chi connectivity index (χ2n) is 2.16. The van der Waals surface area contributed by atoms with Gasteiger partial charge in [0.25, 0.3) is 0 Å². The van der Waals surface area contributed by atoms with Gasteiger partial charge in [-0.1, -0.05) is 0 Å². The van der Waals surface area contributed by atoms with Gasteiger partial charge in [-0.25, -0.2) is 4.39 Å². The first kappa shape index (κ1) is 8.80. The van der Waals surface area contributed by atoms with Crippen LogP contribution in [0, 0.1) is 5.82 Å². The Morgan fingerprint density at radius 2 is 2.25 bits per heavy atom. The van der Waals surface area contributed by atoms with Crippen molar-refractivity contribution in [2.75, 3.05) is 13.9 Å². The fraction of sp³-hybridized carbons (Fsp3) is 0.250. The fourth-order valence-electron chi connectivity index (χ4n) is 0.726. The molecule has 4 heteroatoms. The summed E-state index contributed by atoms with van der Waals surface area (Å²) in [7, 11) is 1.44. The molecule has 0 saturated carbocycles. The zero-order valence-corrected chi connectivity index (χ0v) is 6.58. The predicted octanol–water partition coefficient (Wildman–Crippen LogP) is 1.51. The van der Waals surface area contributed by atoms with Crippen LogP contribution >= 0.6 is 0 Å². The Labute approximate surface area is 69.3 Å². The van der Waals surface area contributed by atoms with Crippen LogP contribution in [0.4, 0.5) is 4.39 Å². The summed E-state index contributed by atoms with van der Waals surface area (Å²) in [5.74, 6) is -0.482. The smallest absolute Gasteiger partial charge is 0.188 e. The van der Waals surface area contributed by atoms with Crippen molar-refractivity contribution >= 4 is 0 Å². The molecule has 0 amide bonds. The lowest BCUT2D eigenvalue weighted by Crippen LogP contribution is -1.99. The van der Waals surface area contributed by atoms with E-state index in [2.05, 4.69) is 4.74 Å². The summed E-state index contributed by atoms with van der Waals surface area (Å²) in [6.45, 7) is -0.0169. The van der Waals surface area contributed by atoms with Crippen LogP contribution in [0.1, 0.15) is 0 Å². The molecule has 1 rings (SSSR count). The van der Waals surface area contributed by atoms with Gasteiger partial charge in [-0.3, -0.25) is 0 Å². The summed E-state index contributed by atoms with van der Waals surface area (Å²) in [5, 5.41) is 9.11. The van der Waals surface area contributed by atoms with Gasteiger partial charge in [0.2, 0.25) is 0 Å². The molecule has 66 valence electrons. The van der Waals surface area contributed by atoms with Gasteiger partial charge < -0.3 is 14.6 Å². The van der Waals surface area contributed by atoms with Crippen LogP contribution in [-0.2, 0) is 4.74 Å². The summed E-state index contributed by atoms with van der Waals surface area (Å²) in [6.07, 6.45) is 0. The highest BCUT2D eigenvalue weighted by atomic mass is 19.1. The minimum Gasteiger partial charge on any atom is -0.504 e. The van der Waals surface area contributed by atoms with Crippen molar-refractivity contribution in [1.82, 2.24) is 0 Å². The SMILES string of the molecule is COCOc1cc(F)ccc1O. The van der Waals surface area contributed by atoms with Crippen LogP contribution in [0.2, 0.25) is 0 Å². The topological polar surface area (TPSA) is 38.7 Å². The van der Waals surface area contributed by atoms with E-state index < -0.39 is 5.82 Å². The molecule has 0 unspecified atom stereocenters. The standard InChI is InChI=1S/C8H9FO3/c1-11-5-12-8-4-6(9)2-3-7(8)10/h2-4,10H,5H2,1H3. The molecule has 12 heavy (non-hydrogen) atoms. The predicted molar refractivity (Wildman–Crippen MR) is 40.6 cm³/mol. The maximum atomic E-state index is 12.5. The van der Waals surface area contributed by atoms with E-state index in [9.17, 15) is 4.39 Å². The number of benzene rings is 1. The third-order valence-corrected chi connectivity index (χ3v) is 1.25. The van der Waals surface area contributed by atoms with E-state index in [4.69, 9.17) is 9.84 Å². The number of hydrogen-bond acceptors (Lipinski definition) is 3. The van der Waals surface area contributed by atoms with Crippen molar-refractivity contribution in [2.24, 2.45) is 0 Å². The molecule has 0 spiro atoms. The molecule has 0 aliphatic heterocycles. The zero-order valence-electron chi connectivity index (χ0n) is 6.58. The summed E-state index contributed by atoms with van der Waals surface area (Å²) >= 11 is 0. The lowest BCUT2D eigenvalue weighted by Gasteiger charge is -2.05. The van der Waals surface area contributed by atoms with Gasteiger partial charge in [-0.2, -0.15) is 0 Å². The Morgan fingerprint density at radius 1 is 1.50 bits per heavy atom. The summed E-state index contributed by atoms with van der Waals surface area (Å²) in [6, 6.07) is 3.46. The lowest BCUT2D eigenvalue weighted by molar-refractivity contribution is 0.0490. The highest BCUT2D eigenvalue weighted by molar-refractivity contribution is 5.38. The first-order chi connectivity index (χ1) is 5.74. The Kier molecular flexibility index (Phi) is 2.88. The molecule has 0 aliphatic carbocycles. The fourth-order valence-corrected chi connectivity index (χ4v) is 0.726. The highest BCUT2D eigenvalue weighted by Gasteiger charge is 2.02. The van der Waals surface area contributed by atoms with Crippen LogP contribution in [0.15, 0.2) is 18.2 Å². The molecule has 0 fully saturated rings. The third kappa shape index (κ3) is 2.10. The molecule has 0 aliphatic rings. The number of methoxy groups -OCH3 is 1. The monoisotopic (exact) mass is 172 g/mol. The minimum atomic E-state index is -0.459. The number of hydrogen-bond donors (Lipinski definition) is 1. The van der Waals surface area contributed by atoms with E-state index in [-0.39, 0.29) is 18.3 Å². The van der Waals surface area contributed by atoms with Crippen LogP contribution in [-0.4, -0.2) is 19.0 Å². The van der Waals surface area contributed by atoms with Crippen LogP contribution in [0.3, 0.4) is 0 Å². The number of rotatable bonds is 3. The van der Waals surface area contributed by atoms with Crippen LogP contribution < -0.4 is 4.74 Å². The van der Waals surface area contributed by atoms with E-state index in [0.29, 0.717) is 0 Å². The minimum absolute atomic E-state index is 0.0169. The van der Waals surface area contributed by atoms with Gasteiger partial charge in [0.1, 0.15) is 5.82 Å². The molecular formula is C8H9FO3. The first-order valence-corrected chi connectivity index (χ1v) is 3.34.